The third-order valence-corrected chi connectivity index (χ3v) is 4.00. The fourth-order valence-corrected chi connectivity index (χ4v) is 2.95. The zero-order valence-corrected chi connectivity index (χ0v) is 12.9. The van der Waals surface area contributed by atoms with Gasteiger partial charge in [-0.05, 0) is 37.1 Å². The van der Waals surface area contributed by atoms with Gasteiger partial charge in [-0.2, -0.15) is 0 Å². The number of hydrogen-bond donors (Lipinski definition) is 0. The van der Waals surface area contributed by atoms with E-state index in [1.54, 1.807) is 0 Å². The number of aromatic nitrogens is 1. The maximum absolute atomic E-state index is 11.8. The molecular formula is C18H25NO. The lowest BCUT2D eigenvalue weighted by atomic mass is 10.1. The van der Waals surface area contributed by atoms with Crippen LogP contribution in [0, 0.1) is 0 Å². The quantitative estimate of drug-likeness (QED) is 0.620. The van der Waals surface area contributed by atoms with E-state index < -0.39 is 0 Å². The predicted octanol–water partition coefficient (Wildman–Crippen LogP) is 5.38. The van der Waals surface area contributed by atoms with Gasteiger partial charge in [0.1, 0.15) is 0 Å². The number of fused-ring (bicyclic) bond motifs is 1. The van der Waals surface area contributed by atoms with Crippen LogP contribution in [0.5, 0.6) is 0 Å². The van der Waals surface area contributed by atoms with Gasteiger partial charge in [-0.15, -0.1) is 0 Å². The van der Waals surface area contributed by atoms with E-state index in [1.165, 1.54) is 36.6 Å². The van der Waals surface area contributed by atoms with E-state index in [9.17, 15) is 4.79 Å². The summed E-state index contributed by atoms with van der Waals surface area (Å²) in [5, 5.41) is 1.18. The number of hydrogen-bond acceptors (Lipinski definition) is 1. The molecular weight excluding hydrogens is 246 g/mol. The molecule has 108 valence electrons. The van der Waals surface area contributed by atoms with Gasteiger partial charge in [-0.25, -0.2) is 0 Å². The number of carbonyl (C=O) groups is 1. The average molecular weight is 271 g/mol. The highest BCUT2D eigenvalue weighted by atomic mass is 16.1. The van der Waals surface area contributed by atoms with Gasteiger partial charge < -0.3 is 4.57 Å². The molecule has 2 rings (SSSR count). The zero-order chi connectivity index (χ0) is 14.5. The molecule has 1 heterocycles. The molecule has 0 aliphatic carbocycles. The number of rotatable bonds is 7. The van der Waals surface area contributed by atoms with Crippen molar-refractivity contribution in [2.24, 2.45) is 0 Å². The summed E-state index contributed by atoms with van der Waals surface area (Å²) in [5.74, 6) is 0.221. The van der Waals surface area contributed by atoms with Crippen molar-refractivity contribution < 1.29 is 4.79 Å². The largest absolute Gasteiger partial charge is 0.344 e. The number of Topliss-reactive ketones (excluding diaryl/α,β-unsaturated/α-hetero) is 1. The molecule has 0 fully saturated rings. The second-order valence-corrected chi connectivity index (χ2v) is 5.50. The molecule has 0 atom stereocenters. The Kier molecular flexibility index (Phi) is 4.99. The fourth-order valence-electron chi connectivity index (χ4n) is 2.95. The van der Waals surface area contributed by atoms with Crippen LogP contribution in [0.2, 0.25) is 0 Å². The second-order valence-electron chi connectivity index (χ2n) is 5.50. The maximum atomic E-state index is 11.8. The van der Waals surface area contributed by atoms with Crippen molar-refractivity contribution in [3.63, 3.8) is 0 Å². The monoisotopic (exact) mass is 271 g/mol. The normalized spacial score (nSPS) is 11.4. The molecule has 20 heavy (non-hydrogen) atoms. The highest BCUT2D eigenvalue weighted by Gasteiger charge is 2.12. The lowest BCUT2D eigenvalue weighted by molar-refractivity contribution is 0.0988. The summed E-state index contributed by atoms with van der Waals surface area (Å²) in [7, 11) is 0. The topological polar surface area (TPSA) is 22.0 Å². The van der Waals surface area contributed by atoms with Crippen molar-refractivity contribution in [2.45, 2.75) is 58.9 Å². The molecule has 2 nitrogen and oxygen atoms in total. The van der Waals surface area contributed by atoms with Crippen LogP contribution in [0.3, 0.4) is 0 Å². The third kappa shape index (κ3) is 2.95. The van der Waals surface area contributed by atoms with Crippen LogP contribution >= 0.6 is 0 Å². The van der Waals surface area contributed by atoms with Gasteiger partial charge >= 0.3 is 0 Å². The van der Waals surface area contributed by atoms with E-state index in [0.29, 0.717) is 12.5 Å². The molecule has 0 aliphatic rings. The van der Waals surface area contributed by atoms with E-state index in [1.807, 2.05) is 19.1 Å². The first-order valence-corrected chi connectivity index (χ1v) is 7.85. The maximum Gasteiger partial charge on any atom is 0.162 e. The van der Waals surface area contributed by atoms with E-state index in [-0.39, 0.29) is 5.78 Å². The first kappa shape index (κ1) is 14.8. The van der Waals surface area contributed by atoms with Gasteiger partial charge in [0.25, 0.3) is 0 Å². The standard InChI is InChI=1S/C18H25NO/c1-4-7-16(8-5-2)19-12-11-14-13-15(18(20)6-3)9-10-17(14)19/h9-13,16H,4-8H2,1-3H3. The summed E-state index contributed by atoms with van der Waals surface area (Å²) in [6, 6.07) is 8.83. The molecule has 0 saturated carbocycles. The molecule has 0 N–H and O–H groups in total. The molecule has 2 aromatic rings. The zero-order valence-electron chi connectivity index (χ0n) is 12.9. The Morgan fingerprint density at radius 2 is 1.80 bits per heavy atom. The Bertz CT molecular complexity index is 576. The molecule has 1 aromatic carbocycles. The van der Waals surface area contributed by atoms with E-state index >= 15 is 0 Å². The van der Waals surface area contributed by atoms with Gasteiger partial charge in [0.2, 0.25) is 0 Å². The summed E-state index contributed by atoms with van der Waals surface area (Å²) in [4.78, 5) is 11.8. The minimum Gasteiger partial charge on any atom is -0.344 e. The van der Waals surface area contributed by atoms with E-state index in [0.717, 1.165) is 5.56 Å². The summed E-state index contributed by atoms with van der Waals surface area (Å²) >= 11 is 0. The summed E-state index contributed by atoms with van der Waals surface area (Å²) in [5.41, 5.74) is 2.09. The first-order chi connectivity index (χ1) is 9.71. The van der Waals surface area contributed by atoms with Gasteiger partial charge in [-0.3, -0.25) is 4.79 Å². The molecule has 0 spiro atoms. The molecule has 0 saturated heterocycles. The molecule has 0 amide bonds. The van der Waals surface area contributed by atoms with E-state index in [4.69, 9.17) is 0 Å². The molecule has 0 unspecified atom stereocenters. The van der Waals surface area contributed by atoms with Crippen LogP contribution in [-0.2, 0) is 0 Å². The fraction of sp³-hybridized carbons (Fsp3) is 0.500. The Labute approximate surface area is 121 Å². The van der Waals surface area contributed by atoms with Crippen LogP contribution in [0.15, 0.2) is 30.5 Å². The minimum atomic E-state index is 0.221. The molecule has 2 heteroatoms. The average Bonchev–Trinajstić information content (AvgIpc) is 2.89. The van der Waals surface area contributed by atoms with Crippen molar-refractivity contribution >= 4 is 16.7 Å². The van der Waals surface area contributed by atoms with Crippen LogP contribution in [0.1, 0.15) is 69.3 Å². The minimum absolute atomic E-state index is 0.221. The van der Waals surface area contributed by atoms with Crippen molar-refractivity contribution in [2.75, 3.05) is 0 Å². The van der Waals surface area contributed by atoms with Gasteiger partial charge in [0.05, 0.1) is 0 Å². The number of carbonyl (C=O) groups excluding carboxylic acids is 1. The molecule has 0 aliphatic heterocycles. The lowest BCUT2D eigenvalue weighted by Gasteiger charge is -2.19. The SMILES string of the molecule is CCCC(CCC)n1ccc2cc(C(=O)CC)ccc21. The van der Waals surface area contributed by atoms with Crippen molar-refractivity contribution in [3.8, 4) is 0 Å². The third-order valence-electron chi connectivity index (χ3n) is 4.00. The molecule has 0 bridgehead atoms. The van der Waals surface area contributed by atoms with E-state index in [2.05, 4.69) is 36.7 Å². The molecule has 0 radical (unpaired) electrons. The van der Waals surface area contributed by atoms with Crippen LogP contribution in [0.25, 0.3) is 10.9 Å². The number of nitrogens with zero attached hydrogens (tertiary/aromatic N) is 1. The summed E-state index contributed by atoms with van der Waals surface area (Å²) < 4.78 is 2.39. The van der Waals surface area contributed by atoms with Gasteiger partial charge in [0.15, 0.2) is 5.78 Å². The summed E-state index contributed by atoms with van der Waals surface area (Å²) in [6.07, 6.45) is 7.59. The van der Waals surface area contributed by atoms with Crippen molar-refractivity contribution in [1.82, 2.24) is 4.57 Å². The summed E-state index contributed by atoms with van der Waals surface area (Å²) in [6.45, 7) is 6.40. The Morgan fingerprint density at radius 3 is 2.40 bits per heavy atom. The molecule has 1 aromatic heterocycles. The Balaban J connectivity index is 2.38. The smallest absolute Gasteiger partial charge is 0.162 e. The van der Waals surface area contributed by atoms with Crippen LogP contribution < -0.4 is 0 Å². The second kappa shape index (κ2) is 6.74. The lowest BCUT2D eigenvalue weighted by Crippen LogP contribution is -2.07. The van der Waals surface area contributed by atoms with Gasteiger partial charge in [0, 0.05) is 35.1 Å². The highest BCUT2D eigenvalue weighted by Crippen LogP contribution is 2.27. The van der Waals surface area contributed by atoms with Crippen molar-refractivity contribution in [3.05, 3.63) is 36.0 Å². The van der Waals surface area contributed by atoms with Crippen molar-refractivity contribution in [1.29, 1.82) is 0 Å². The van der Waals surface area contributed by atoms with Gasteiger partial charge in [-0.1, -0.05) is 33.6 Å². The number of benzene rings is 1. The predicted molar refractivity (Wildman–Crippen MR) is 85.4 cm³/mol. The Morgan fingerprint density at radius 1 is 1.10 bits per heavy atom. The van der Waals surface area contributed by atoms with Crippen LogP contribution in [-0.4, -0.2) is 10.4 Å². The number of ketones is 1. The highest BCUT2D eigenvalue weighted by molar-refractivity contribution is 5.99. The van der Waals surface area contributed by atoms with Crippen LogP contribution in [0.4, 0.5) is 0 Å². The Hall–Kier alpha value is -1.57. The first-order valence-electron chi connectivity index (χ1n) is 7.85.